The summed E-state index contributed by atoms with van der Waals surface area (Å²) in [5.74, 6) is 0.143. The van der Waals surface area contributed by atoms with Crippen molar-refractivity contribution in [3.05, 3.63) is 47.5 Å². The van der Waals surface area contributed by atoms with E-state index in [1.54, 1.807) is 18.1 Å². The van der Waals surface area contributed by atoms with E-state index in [-0.39, 0.29) is 24.1 Å². The molecule has 2 heterocycles. The number of methoxy groups -OCH3 is 1. The number of nitrogens with zero attached hydrogens (tertiary/aromatic N) is 2. The van der Waals surface area contributed by atoms with Gasteiger partial charge in [-0.15, -0.1) is 0 Å². The maximum atomic E-state index is 13.1. The van der Waals surface area contributed by atoms with E-state index in [1.165, 1.54) is 4.90 Å². The highest BCUT2D eigenvalue weighted by Crippen LogP contribution is 2.35. The summed E-state index contributed by atoms with van der Waals surface area (Å²) in [7, 11) is 1.55. The van der Waals surface area contributed by atoms with Crippen molar-refractivity contribution in [2.45, 2.75) is 39.2 Å². The molecule has 0 saturated carbocycles. The molecule has 156 valence electrons. The first-order valence-electron chi connectivity index (χ1n) is 10.1. The molecule has 0 aliphatic carbocycles. The molecule has 1 atom stereocenters. The second-order valence-electron chi connectivity index (χ2n) is 7.74. The number of carbonyl (C=O) groups excluding carboxylic acids is 3. The molecular weight excluding hydrogens is 382 g/mol. The molecule has 2 aliphatic heterocycles. The van der Waals surface area contributed by atoms with E-state index < -0.39 is 6.04 Å². The maximum absolute atomic E-state index is 13.1. The predicted octanol–water partition coefficient (Wildman–Crippen LogP) is 3.18. The third kappa shape index (κ3) is 3.40. The highest BCUT2D eigenvalue weighted by molar-refractivity contribution is 6.23. The van der Waals surface area contributed by atoms with E-state index >= 15 is 0 Å². The van der Waals surface area contributed by atoms with E-state index in [1.807, 2.05) is 44.2 Å². The van der Waals surface area contributed by atoms with Gasteiger partial charge >= 0.3 is 0 Å². The lowest BCUT2D eigenvalue weighted by atomic mass is 10.1. The summed E-state index contributed by atoms with van der Waals surface area (Å²) in [6.45, 7) is 4.46. The van der Waals surface area contributed by atoms with Gasteiger partial charge in [0.05, 0.1) is 24.9 Å². The first-order valence-corrected chi connectivity index (χ1v) is 10.1. The third-order valence-corrected chi connectivity index (χ3v) is 5.69. The molecule has 0 spiro atoms. The van der Waals surface area contributed by atoms with Crippen molar-refractivity contribution in [3.8, 4) is 5.75 Å². The lowest BCUT2D eigenvalue weighted by molar-refractivity contribution is -0.121. The second-order valence-corrected chi connectivity index (χ2v) is 7.74. The van der Waals surface area contributed by atoms with Gasteiger partial charge in [-0.1, -0.05) is 18.2 Å². The van der Waals surface area contributed by atoms with Crippen LogP contribution in [0.4, 0.5) is 17.1 Å². The number of hydrogen-bond acceptors (Lipinski definition) is 5. The van der Waals surface area contributed by atoms with Crippen molar-refractivity contribution >= 4 is 34.8 Å². The highest BCUT2D eigenvalue weighted by atomic mass is 16.5. The number of para-hydroxylation sites is 1. The molecule has 0 bridgehead atoms. The van der Waals surface area contributed by atoms with Gasteiger partial charge in [0.2, 0.25) is 11.8 Å². The van der Waals surface area contributed by atoms with Crippen LogP contribution < -0.4 is 19.9 Å². The zero-order chi connectivity index (χ0) is 21.4. The maximum Gasteiger partial charge on any atom is 0.256 e. The Hall–Kier alpha value is -3.35. The zero-order valence-corrected chi connectivity index (χ0v) is 17.4. The smallest absolute Gasteiger partial charge is 0.256 e. The number of benzene rings is 2. The number of imide groups is 1. The Morgan fingerprint density at radius 3 is 2.40 bits per heavy atom. The van der Waals surface area contributed by atoms with Crippen LogP contribution in [0.5, 0.6) is 5.75 Å². The van der Waals surface area contributed by atoms with Crippen LogP contribution in [0, 0.1) is 13.8 Å². The van der Waals surface area contributed by atoms with Gasteiger partial charge in [0.25, 0.3) is 5.91 Å². The number of anilines is 3. The molecule has 7 nitrogen and oxygen atoms in total. The van der Waals surface area contributed by atoms with Crippen LogP contribution in [0.25, 0.3) is 0 Å². The van der Waals surface area contributed by atoms with Gasteiger partial charge in [-0.25, -0.2) is 4.90 Å². The van der Waals surface area contributed by atoms with Crippen molar-refractivity contribution in [2.24, 2.45) is 0 Å². The molecule has 0 radical (unpaired) electrons. The normalized spacial score (nSPS) is 19.0. The molecule has 2 fully saturated rings. The number of amides is 3. The number of hydrogen-bond donors (Lipinski definition) is 1. The monoisotopic (exact) mass is 407 g/mol. The summed E-state index contributed by atoms with van der Waals surface area (Å²) in [5, 5.41) is 3.17. The summed E-state index contributed by atoms with van der Waals surface area (Å²) in [6.07, 6.45) is 1.45. The SMILES string of the molecule is COc1cc(N[C@H]2CC(=O)N(c3c(C)cccc3C)C2=O)ccc1N1CCCC1=O. The summed E-state index contributed by atoms with van der Waals surface area (Å²) in [4.78, 5) is 40.8. The molecule has 2 saturated heterocycles. The van der Waals surface area contributed by atoms with Gasteiger partial charge in [-0.2, -0.15) is 0 Å². The Labute approximate surface area is 175 Å². The van der Waals surface area contributed by atoms with Crippen LogP contribution in [0.1, 0.15) is 30.4 Å². The van der Waals surface area contributed by atoms with Gasteiger partial charge in [0.1, 0.15) is 11.8 Å². The van der Waals surface area contributed by atoms with Gasteiger partial charge in [-0.05, 0) is 43.5 Å². The topological polar surface area (TPSA) is 79.0 Å². The van der Waals surface area contributed by atoms with Gasteiger partial charge in [0, 0.05) is 24.7 Å². The van der Waals surface area contributed by atoms with E-state index in [9.17, 15) is 14.4 Å². The number of ether oxygens (including phenoxy) is 1. The molecule has 1 N–H and O–H groups in total. The van der Waals surface area contributed by atoms with E-state index in [0.29, 0.717) is 30.1 Å². The van der Waals surface area contributed by atoms with Crippen LogP contribution in [0.2, 0.25) is 0 Å². The Kier molecular flexibility index (Phi) is 5.20. The van der Waals surface area contributed by atoms with Crippen LogP contribution in [0.3, 0.4) is 0 Å². The summed E-state index contributed by atoms with van der Waals surface area (Å²) >= 11 is 0. The van der Waals surface area contributed by atoms with Crippen molar-refractivity contribution in [1.29, 1.82) is 0 Å². The number of nitrogens with one attached hydrogen (secondary N) is 1. The predicted molar refractivity (Wildman–Crippen MR) is 115 cm³/mol. The van der Waals surface area contributed by atoms with Crippen molar-refractivity contribution in [2.75, 3.05) is 28.8 Å². The summed E-state index contributed by atoms with van der Waals surface area (Å²) in [6, 6.07) is 10.4. The minimum absolute atomic E-state index is 0.0785. The van der Waals surface area contributed by atoms with Gasteiger partial charge < -0.3 is 15.0 Å². The third-order valence-electron chi connectivity index (χ3n) is 5.69. The number of aryl methyl sites for hydroxylation is 2. The van der Waals surface area contributed by atoms with Crippen LogP contribution in [-0.2, 0) is 14.4 Å². The summed E-state index contributed by atoms with van der Waals surface area (Å²) < 4.78 is 5.48. The Morgan fingerprint density at radius 2 is 1.77 bits per heavy atom. The second kappa shape index (κ2) is 7.82. The molecule has 2 aromatic carbocycles. The molecule has 7 heteroatoms. The Balaban J connectivity index is 1.57. The molecule has 4 rings (SSSR count). The Bertz CT molecular complexity index is 1010. The summed E-state index contributed by atoms with van der Waals surface area (Å²) in [5.41, 5.74) is 3.82. The quantitative estimate of drug-likeness (QED) is 0.770. The standard InChI is InChI=1S/C23H25N3O4/c1-14-6-4-7-15(2)22(14)26-21(28)13-17(23(26)29)24-16-9-10-18(19(12-16)30-3)25-11-5-8-20(25)27/h4,6-7,9-10,12,17,24H,5,8,11,13H2,1-3H3/t17-/m0/s1. The highest BCUT2D eigenvalue weighted by Gasteiger charge is 2.40. The minimum Gasteiger partial charge on any atom is -0.494 e. The van der Waals surface area contributed by atoms with Crippen molar-refractivity contribution in [1.82, 2.24) is 0 Å². The fourth-order valence-corrected chi connectivity index (χ4v) is 4.23. The average molecular weight is 407 g/mol. The largest absolute Gasteiger partial charge is 0.494 e. The number of rotatable bonds is 5. The first-order chi connectivity index (χ1) is 14.4. The Morgan fingerprint density at radius 1 is 1.03 bits per heavy atom. The van der Waals surface area contributed by atoms with Crippen LogP contribution in [-0.4, -0.2) is 37.4 Å². The average Bonchev–Trinajstić information content (AvgIpc) is 3.25. The van der Waals surface area contributed by atoms with Crippen molar-refractivity contribution in [3.63, 3.8) is 0 Å². The zero-order valence-electron chi connectivity index (χ0n) is 17.4. The van der Waals surface area contributed by atoms with E-state index in [2.05, 4.69) is 5.32 Å². The molecule has 0 aromatic heterocycles. The van der Waals surface area contributed by atoms with Gasteiger partial charge in [0.15, 0.2) is 0 Å². The molecular formula is C23H25N3O4. The van der Waals surface area contributed by atoms with Gasteiger partial charge in [-0.3, -0.25) is 14.4 Å². The van der Waals surface area contributed by atoms with Crippen LogP contribution in [0.15, 0.2) is 36.4 Å². The lowest BCUT2D eigenvalue weighted by Crippen LogP contribution is -2.35. The molecule has 0 unspecified atom stereocenters. The fourth-order valence-electron chi connectivity index (χ4n) is 4.23. The van der Waals surface area contributed by atoms with E-state index in [4.69, 9.17) is 4.74 Å². The van der Waals surface area contributed by atoms with Crippen molar-refractivity contribution < 1.29 is 19.1 Å². The number of carbonyl (C=O) groups is 3. The van der Waals surface area contributed by atoms with E-state index in [0.717, 1.165) is 23.2 Å². The molecule has 2 aliphatic rings. The first kappa shape index (κ1) is 19.9. The lowest BCUT2D eigenvalue weighted by Gasteiger charge is -2.21. The molecule has 3 amide bonds. The molecule has 30 heavy (non-hydrogen) atoms. The minimum atomic E-state index is -0.652. The molecule has 2 aromatic rings. The van der Waals surface area contributed by atoms with Crippen LogP contribution >= 0.6 is 0 Å². The fraction of sp³-hybridized carbons (Fsp3) is 0.348.